The lowest BCUT2D eigenvalue weighted by Crippen LogP contribution is -1.99. The fourth-order valence-corrected chi connectivity index (χ4v) is 0.189. The molecular formula is C6H12O6. The first-order valence-corrected chi connectivity index (χ1v) is 3.17. The average Bonchev–Trinajstić information content (AvgIpc) is 2.02. The molecule has 0 aliphatic heterocycles. The fourth-order valence-electron chi connectivity index (χ4n) is 0.189. The number of hydrogen-bond donors (Lipinski definition) is 2. The normalized spacial score (nSPS) is 7.50. The van der Waals surface area contributed by atoms with Crippen LogP contribution in [0.15, 0.2) is 0 Å². The van der Waals surface area contributed by atoms with Gasteiger partial charge in [-0.2, -0.15) is 0 Å². The van der Waals surface area contributed by atoms with Gasteiger partial charge in [-0.15, -0.1) is 0 Å². The van der Waals surface area contributed by atoms with Gasteiger partial charge in [-0.25, -0.2) is 9.59 Å². The summed E-state index contributed by atoms with van der Waals surface area (Å²) in [6, 6.07) is 0. The Hall–Kier alpha value is -1.46. The SMILES string of the molecule is CCCOC(=O)O.COC(=O)O. The van der Waals surface area contributed by atoms with E-state index in [1.807, 2.05) is 6.92 Å². The molecule has 0 aromatic carbocycles. The summed E-state index contributed by atoms with van der Waals surface area (Å²) in [5, 5.41) is 15.3. The molecule has 0 radical (unpaired) electrons. The topological polar surface area (TPSA) is 93.1 Å². The highest BCUT2D eigenvalue weighted by molar-refractivity contribution is 5.56. The molecule has 0 rings (SSSR count). The van der Waals surface area contributed by atoms with Crippen molar-refractivity contribution in [1.82, 2.24) is 0 Å². The number of ether oxygens (including phenoxy) is 2. The van der Waals surface area contributed by atoms with Gasteiger partial charge in [0.2, 0.25) is 0 Å². The van der Waals surface area contributed by atoms with Crippen molar-refractivity contribution in [3.05, 3.63) is 0 Å². The molecule has 0 bridgehead atoms. The zero-order chi connectivity index (χ0) is 9.98. The summed E-state index contributed by atoms with van der Waals surface area (Å²) in [5.41, 5.74) is 0. The minimum atomic E-state index is -1.25. The van der Waals surface area contributed by atoms with Gasteiger partial charge < -0.3 is 19.7 Å². The highest BCUT2D eigenvalue weighted by atomic mass is 16.7. The van der Waals surface area contributed by atoms with Crippen LogP contribution < -0.4 is 0 Å². The molecule has 0 spiro atoms. The lowest BCUT2D eigenvalue weighted by atomic mass is 10.5. The molecule has 0 saturated heterocycles. The maximum absolute atomic E-state index is 9.54. The van der Waals surface area contributed by atoms with Crippen LogP contribution in [0.3, 0.4) is 0 Å². The Morgan fingerprint density at radius 2 is 1.67 bits per heavy atom. The largest absolute Gasteiger partial charge is 0.505 e. The molecule has 0 heterocycles. The van der Waals surface area contributed by atoms with Crippen molar-refractivity contribution in [2.24, 2.45) is 0 Å². The van der Waals surface area contributed by atoms with Crippen molar-refractivity contribution < 1.29 is 29.3 Å². The first kappa shape index (κ1) is 13.2. The van der Waals surface area contributed by atoms with Crippen LogP contribution in [0.5, 0.6) is 0 Å². The van der Waals surface area contributed by atoms with E-state index in [0.717, 1.165) is 13.5 Å². The van der Waals surface area contributed by atoms with E-state index in [4.69, 9.17) is 15.0 Å². The second-order valence-corrected chi connectivity index (χ2v) is 1.58. The summed E-state index contributed by atoms with van der Waals surface area (Å²) in [7, 11) is 1.10. The molecule has 0 fully saturated rings. The van der Waals surface area contributed by atoms with Gasteiger partial charge in [0.05, 0.1) is 13.7 Å². The Morgan fingerprint density at radius 3 is 1.75 bits per heavy atom. The van der Waals surface area contributed by atoms with Crippen molar-refractivity contribution in [3.63, 3.8) is 0 Å². The Bertz CT molecular complexity index is 132. The Balaban J connectivity index is 0. The maximum Gasteiger partial charge on any atom is 0.505 e. The van der Waals surface area contributed by atoms with Crippen LogP contribution in [0, 0.1) is 0 Å². The fraction of sp³-hybridized carbons (Fsp3) is 0.667. The summed E-state index contributed by atoms with van der Waals surface area (Å²) < 4.78 is 7.77. The van der Waals surface area contributed by atoms with Crippen LogP contribution in [0.1, 0.15) is 13.3 Å². The maximum atomic E-state index is 9.54. The third-order valence-corrected chi connectivity index (χ3v) is 0.604. The van der Waals surface area contributed by atoms with E-state index in [0.29, 0.717) is 6.61 Å². The Kier molecular flexibility index (Phi) is 10.5. The summed E-state index contributed by atoms with van der Waals surface area (Å²) in [6.07, 6.45) is -1.70. The summed E-state index contributed by atoms with van der Waals surface area (Å²) in [6.45, 7) is 2.15. The molecule has 0 aromatic heterocycles. The first-order valence-electron chi connectivity index (χ1n) is 3.17. The Labute approximate surface area is 69.7 Å². The third-order valence-electron chi connectivity index (χ3n) is 0.604. The molecule has 0 aliphatic carbocycles. The summed E-state index contributed by atoms with van der Waals surface area (Å²) in [5.74, 6) is 0. The molecule has 2 N–H and O–H groups in total. The van der Waals surface area contributed by atoms with E-state index in [-0.39, 0.29) is 0 Å². The van der Waals surface area contributed by atoms with Crippen molar-refractivity contribution in [1.29, 1.82) is 0 Å². The van der Waals surface area contributed by atoms with E-state index in [2.05, 4.69) is 9.47 Å². The van der Waals surface area contributed by atoms with Crippen molar-refractivity contribution in [3.8, 4) is 0 Å². The van der Waals surface area contributed by atoms with Gasteiger partial charge in [-0.1, -0.05) is 6.92 Å². The minimum absolute atomic E-state index is 0.301. The molecule has 72 valence electrons. The number of carbonyl (C=O) groups is 2. The van der Waals surface area contributed by atoms with Crippen molar-refractivity contribution in [2.45, 2.75) is 13.3 Å². The third kappa shape index (κ3) is 23.6. The first-order chi connectivity index (χ1) is 5.54. The molecule has 6 heteroatoms. The summed E-state index contributed by atoms with van der Waals surface area (Å²) >= 11 is 0. The highest BCUT2D eigenvalue weighted by Gasteiger charge is 1.89. The quantitative estimate of drug-likeness (QED) is 0.624. The number of rotatable bonds is 2. The van der Waals surface area contributed by atoms with Crippen LogP contribution in [0.25, 0.3) is 0 Å². The highest BCUT2D eigenvalue weighted by Crippen LogP contribution is 1.78. The average molecular weight is 180 g/mol. The van der Waals surface area contributed by atoms with Crippen LogP contribution >= 0.6 is 0 Å². The smallest absolute Gasteiger partial charge is 0.450 e. The van der Waals surface area contributed by atoms with Crippen molar-refractivity contribution >= 4 is 12.3 Å². The second-order valence-electron chi connectivity index (χ2n) is 1.58. The summed E-state index contributed by atoms with van der Waals surface area (Å²) in [4.78, 5) is 18.7. The molecule has 12 heavy (non-hydrogen) atoms. The van der Waals surface area contributed by atoms with Crippen molar-refractivity contribution in [2.75, 3.05) is 13.7 Å². The number of hydrogen-bond acceptors (Lipinski definition) is 4. The molecule has 0 unspecified atom stereocenters. The molecule has 6 nitrogen and oxygen atoms in total. The number of methoxy groups -OCH3 is 1. The predicted molar refractivity (Wildman–Crippen MR) is 39.3 cm³/mol. The van der Waals surface area contributed by atoms with E-state index in [9.17, 15) is 4.79 Å². The van der Waals surface area contributed by atoms with Gasteiger partial charge in [-0.05, 0) is 6.42 Å². The predicted octanol–water partition coefficient (Wildman–Crippen LogP) is 1.40. The molecular weight excluding hydrogens is 168 g/mol. The van der Waals surface area contributed by atoms with E-state index in [1.165, 1.54) is 0 Å². The van der Waals surface area contributed by atoms with Gasteiger partial charge in [0, 0.05) is 0 Å². The van der Waals surface area contributed by atoms with Gasteiger partial charge in [0.1, 0.15) is 0 Å². The van der Waals surface area contributed by atoms with Gasteiger partial charge in [0.25, 0.3) is 0 Å². The number of carboxylic acid groups (broad SMARTS) is 2. The Morgan fingerprint density at radius 1 is 1.25 bits per heavy atom. The lowest BCUT2D eigenvalue weighted by Gasteiger charge is -1.91. The zero-order valence-corrected chi connectivity index (χ0v) is 6.94. The minimum Gasteiger partial charge on any atom is -0.450 e. The van der Waals surface area contributed by atoms with Crippen LogP contribution in [-0.2, 0) is 9.47 Å². The van der Waals surface area contributed by atoms with Crippen LogP contribution in [0.4, 0.5) is 9.59 Å². The molecule has 0 saturated carbocycles. The van der Waals surface area contributed by atoms with Gasteiger partial charge in [0.15, 0.2) is 0 Å². The lowest BCUT2D eigenvalue weighted by molar-refractivity contribution is 0.0917. The molecule has 0 aliphatic rings. The standard InChI is InChI=1S/C4H8O3.C2H4O3/c1-2-3-7-4(5)6;1-5-2(3)4/h2-3H2,1H3,(H,5,6);1H3,(H,3,4). The van der Waals surface area contributed by atoms with E-state index < -0.39 is 12.3 Å². The molecule has 0 aromatic rings. The van der Waals surface area contributed by atoms with Gasteiger partial charge in [-0.3, -0.25) is 0 Å². The van der Waals surface area contributed by atoms with Crippen LogP contribution in [-0.4, -0.2) is 36.2 Å². The molecule has 0 amide bonds. The van der Waals surface area contributed by atoms with Crippen LogP contribution in [0.2, 0.25) is 0 Å². The zero-order valence-electron chi connectivity index (χ0n) is 6.94. The van der Waals surface area contributed by atoms with Gasteiger partial charge >= 0.3 is 12.3 Å². The van der Waals surface area contributed by atoms with E-state index >= 15 is 0 Å². The van der Waals surface area contributed by atoms with E-state index in [1.54, 1.807) is 0 Å². The molecule has 0 atom stereocenters. The monoisotopic (exact) mass is 180 g/mol. The second kappa shape index (κ2) is 9.54.